The lowest BCUT2D eigenvalue weighted by Crippen LogP contribution is -2.35. The largest absolute Gasteiger partial charge is 0.491 e. The molecule has 0 saturated heterocycles. The average molecular weight is 526 g/mol. The van der Waals surface area contributed by atoms with E-state index in [-0.39, 0.29) is 17.7 Å². The average Bonchev–Trinajstić information content (AvgIpc) is 3.16. The maximum absolute atomic E-state index is 13.9. The number of carbonyl (C=O) groups excluding carboxylic acids is 1. The van der Waals surface area contributed by atoms with Crippen molar-refractivity contribution in [3.63, 3.8) is 0 Å². The molecule has 0 bridgehead atoms. The summed E-state index contributed by atoms with van der Waals surface area (Å²) in [4.78, 5) is 26.4. The Kier molecular flexibility index (Phi) is 7.73. The van der Waals surface area contributed by atoms with Gasteiger partial charge in [0.15, 0.2) is 0 Å². The normalized spacial score (nSPS) is 16.3. The first-order valence-corrected chi connectivity index (χ1v) is 12.4. The van der Waals surface area contributed by atoms with Crippen molar-refractivity contribution in [2.75, 3.05) is 6.54 Å². The number of rotatable bonds is 9. The van der Waals surface area contributed by atoms with Crippen molar-refractivity contribution in [2.24, 2.45) is 0 Å². The van der Waals surface area contributed by atoms with Crippen molar-refractivity contribution < 1.29 is 28.6 Å². The molecule has 0 saturated carbocycles. The maximum atomic E-state index is 13.9. The number of hydrogen-bond donors (Lipinski definition) is 1. The Morgan fingerprint density at radius 1 is 1.16 bits per heavy atom. The van der Waals surface area contributed by atoms with Gasteiger partial charge < -0.3 is 19.5 Å². The molecule has 8 heteroatoms. The van der Waals surface area contributed by atoms with Crippen molar-refractivity contribution in [2.45, 2.75) is 51.9 Å². The van der Waals surface area contributed by atoms with Crippen LogP contribution < -0.4 is 9.47 Å². The van der Waals surface area contributed by atoms with Gasteiger partial charge in [0.1, 0.15) is 29.5 Å². The minimum absolute atomic E-state index is 0.0667. The molecule has 4 rings (SSSR count). The van der Waals surface area contributed by atoms with Gasteiger partial charge in [-0.25, -0.2) is 4.39 Å². The van der Waals surface area contributed by atoms with Crippen LogP contribution in [0.3, 0.4) is 0 Å². The molecule has 194 valence electrons. The first-order valence-electron chi connectivity index (χ1n) is 12.0. The lowest BCUT2D eigenvalue weighted by atomic mass is 9.91. The number of hydrogen-bond acceptors (Lipinski definition) is 4. The van der Waals surface area contributed by atoms with E-state index in [4.69, 9.17) is 21.1 Å². The monoisotopic (exact) mass is 525 g/mol. The summed E-state index contributed by atoms with van der Waals surface area (Å²) in [6.07, 6.45) is 0.897. The highest BCUT2D eigenvalue weighted by atomic mass is 35.5. The van der Waals surface area contributed by atoms with Crippen LogP contribution in [0.5, 0.6) is 11.5 Å². The molecule has 0 radical (unpaired) electrons. The van der Waals surface area contributed by atoms with E-state index in [9.17, 15) is 19.1 Å². The number of carboxylic acids is 1. The summed E-state index contributed by atoms with van der Waals surface area (Å²) in [6.45, 7) is 5.37. The highest BCUT2D eigenvalue weighted by Gasteiger charge is 2.36. The van der Waals surface area contributed by atoms with Gasteiger partial charge in [0, 0.05) is 24.0 Å². The van der Waals surface area contributed by atoms with Gasteiger partial charge in [-0.05, 0) is 68.3 Å². The summed E-state index contributed by atoms with van der Waals surface area (Å²) in [5.74, 6) is -0.739. The second-order valence-electron chi connectivity index (χ2n) is 9.81. The Bertz CT molecular complexity index is 1330. The van der Waals surface area contributed by atoms with Gasteiger partial charge in [-0.2, -0.15) is 0 Å². The Labute approximate surface area is 220 Å². The number of para-hydroxylation sites is 1. The van der Waals surface area contributed by atoms with Crippen molar-refractivity contribution in [3.05, 3.63) is 93.8 Å². The molecule has 3 aromatic carbocycles. The predicted octanol–water partition coefficient (Wildman–Crippen LogP) is 5.93. The summed E-state index contributed by atoms with van der Waals surface area (Å²) in [7, 11) is 0. The lowest BCUT2D eigenvalue weighted by molar-refractivity contribution is -0.137. The predicted molar refractivity (Wildman–Crippen MR) is 139 cm³/mol. The number of benzene rings is 3. The van der Waals surface area contributed by atoms with Gasteiger partial charge in [-0.3, -0.25) is 9.59 Å². The van der Waals surface area contributed by atoms with Crippen molar-refractivity contribution in [3.8, 4) is 11.5 Å². The highest BCUT2D eigenvalue weighted by molar-refractivity contribution is 6.30. The molecule has 3 aromatic rings. The fourth-order valence-electron chi connectivity index (χ4n) is 4.59. The number of ether oxygens (including phenoxy) is 2. The summed E-state index contributed by atoms with van der Waals surface area (Å²) in [5.41, 5.74) is 2.05. The number of amides is 1. The van der Waals surface area contributed by atoms with Crippen LogP contribution in [0.25, 0.3) is 0 Å². The molecule has 1 heterocycles. The van der Waals surface area contributed by atoms with Crippen LogP contribution in [0.2, 0.25) is 5.02 Å². The summed E-state index contributed by atoms with van der Waals surface area (Å²) in [6, 6.07) is 17.1. The smallest absolute Gasteiger partial charge is 0.323 e. The molecule has 37 heavy (non-hydrogen) atoms. The molecule has 0 aromatic heterocycles. The molecule has 0 fully saturated rings. The third-order valence-corrected chi connectivity index (χ3v) is 6.41. The van der Waals surface area contributed by atoms with Crippen molar-refractivity contribution >= 4 is 23.5 Å². The Morgan fingerprint density at radius 3 is 2.62 bits per heavy atom. The number of halogens is 2. The first kappa shape index (κ1) is 26.5. The van der Waals surface area contributed by atoms with E-state index in [0.717, 1.165) is 16.7 Å². The van der Waals surface area contributed by atoms with Crippen LogP contribution in [-0.2, 0) is 24.2 Å². The second-order valence-corrected chi connectivity index (χ2v) is 10.2. The molecule has 0 unspecified atom stereocenters. The van der Waals surface area contributed by atoms with E-state index < -0.39 is 29.8 Å². The zero-order valence-electron chi connectivity index (χ0n) is 21.0. The zero-order chi connectivity index (χ0) is 26.7. The highest BCUT2D eigenvalue weighted by Crippen LogP contribution is 2.38. The molecule has 1 N–H and O–H groups in total. The quantitative estimate of drug-likeness (QED) is 0.375. The van der Waals surface area contributed by atoms with Crippen molar-refractivity contribution in [1.29, 1.82) is 0 Å². The molecular weight excluding hydrogens is 497 g/mol. The third kappa shape index (κ3) is 6.41. The minimum Gasteiger partial charge on any atom is -0.491 e. The molecule has 0 aliphatic carbocycles. The molecule has 6 nitrogen and oxygen atoms in total. The summed E-state index contributed by atoms with van der Waals surface area (Å²) < 4.78 is 26.0. The van der Waals surface area contributed by atoms with E-state index in [1.54, 1.807) is 30.3 Å². The first-order chi connectivity index (χ1) is 17.5. The summed E-state index contributed by atoms with van der Waals surface area (Å²) in [5, 5.41) is 9.56. The van der Waals surface area contributed by atoms with E-state index in [1.807, 2.05) is 39.0 Å². The van der Waals surface area contributed by atoms with E-state index in [0.29, 0.717) is 29.9 Å². The zero-order valence-corrected chi connectivity index (χ0v) is 21.7. The fraction of sp³-hybridized carbons (Fsp3) is 0.310. The van der Waals surface area contributed by atoms with E-state index in [2.05, 4.69) is 0 Å². The van der Waals surface area contributed by atoms with Gasteiger partial charge in [-0.1, -0.05) is 35.9 Å². The third-order valence-electron chi connectivity index (χ3n) is 6.10. The van der Waals surface area contributed by atoms with Gasteiger partial charge in [-0.15, -0.1) is 0 Å². The number of fused-ring (bicyclic) bond motifs is 1. The summed E-state index contributed by atoms with van der Waals surface area (Å²) >= 11 is 5.80. The van der Waals surface area contributed by atoms with Crippen LogP contribution in [0.1, 0.15) is 47.8 Å². The molecule has 0 spiro atoms. The maximum Gasteiger partial charge on any atom is 0.323 e. The van der Waals surface area contributed by atoms with Crippen molar-refractivity contribution in [1.82, 2.24) is 4.90 Å². The topological polar surface area (TPSA) is 76.1 Å². The molecule has 1 aliphatic rings. The van der Waals surface area contributed by atoms with Crippen LogP contribution in [0, 0.1) is 5.82 Å². The van der Waals surface area contributed by atoms with Crippen LogP contribution in [0.15, 0.2) is 60.7 Å². The van der Waals surface area contributed by atoms with E-state index >= 15 is 0 Å². The van der Waals surface area contributed by atoms with Crippen LogP contribution >= 0.6 is 11.6 Å². The fourth-order valence-corrected chi connectivity index (χ4v) is 4.71. The van der Waals surface area contributed by atoms with Gasteiger partial charge >= 0.3 is 5.97 Å². The Morgan fingerprint density at radius 2 is 1.92 bits per heavy atom. The van der Waals surface area contributed by atoms with Gasteiger partial charge in [0.2, 0.25) is 0 Å². The molecule has 1 atom stereocenters. The van der Waals surface area contributed by atoms with Crippen LogP contribution in [-0.4, -0.2) is 40.1 Å². The molecular formula is C29H29ClFNO5. The second kappa shape index (κ2) is 10.8. The SMILES string of the molecule is CC(C)Oc1ccccc1CN(CC(=O)O)C(=O)c1ccc2c(c1)C[C@](C)(Cc1ccc(Cl)c(F)c1)O2. The number of carbonyl (C=O) groups is 2. The number of nitrogens with zero attached hydrogens (tertiary/aromatic N) is 1. The Balaban J connectivity index is 1.54. The molecule has 1 amide bonds. The van der Waals surface area contributed by atoms with E-state index in [1.165, 1.54) is 17.0 Å². The number of carboxylic acid groups (broad SMARTS) is 1. The van der Waals surface area contributed by atoms with Crippen LogP contribution in [0.4, 0.5) is 4.39 Å². The number of aliphatic carboxylic acids is 1. The van der Waals surface area contributed by atoms with Gasteiger partial charge in [0.05, 0.1) is 17.7 Å². The minimum atomic E-state index is -1.11. The molecule has 1 aliphatic heterocycles. The standard InChI is InChI=1S/C29H29ClFNO5/c1-18(2)36-25-7-5-4-6-21(25)16-32(17-27(33)34)28(35)20-9-11-26-22(13-20)15-29(3,37-26)14-19-8-10-23(30)24(31)12-19/h4-13,18H,14-17H2,1-3H3,(H,33,34)/t29-/m0/s1. The Hall–Kier alpha value is -3.58. The van der Waals surface area contributed by atoms with Gasteiger partial charge in [0.25, 0.3) is 5.91 Å². The lowest BCUT2D eigenvalue weighted by Gasteiger charge is -2.24.